The summed E-state index contributed by atoms with van der Waals surface area (Å²) in [4.78, 5) is 0. The Labute approximate surface area is 132 Å². The average Bonchev–Trinajstić information content (AvgIpc) is 2.57. The van der Waals surface area contributed by atoms with E-state index in [1.165, 1.54) is 16.7 Å². The van der Waals surface area contributed by atoms with Gasteiger partial charge in [-0.2, -0.15) is 0 Å². The van der Waals surface area contributed by atoms with Crippen molar-refractivity contribution in [1.29, 1.82) is 0 Å². The molecule has 1 nitrogen and oxygen atoms in total. The van der Waals surface area contributed by atoms with Gasteiger partial charge in [-0.3, -0.25) is 0 Å². The van der Waals surface area contributed by atoms with Crippen molar-refractivity contribution in [2.24, 2.45) is 0 Å². The van der Waals surface area contributed by atoms with Crippen molar-refractivity contribution >= 4 is 23.5 Å². The van der Waals surface area contributed by atoms with E-state index >= 15 is 0 Å². The van der Waals surface area contributed by atoms with Crippen LogP contribution in [0.1, 0.15) is 16.7 Å². The molecule has 0 aliphatic heterocycles. The molecule has 0 saturated heterocycles. The summed E-state index contributed by atoms with van der Waals surface area (Å²) in [6, 6.07) is 27.0. The van der Waals surface area contributed by atoms with Crippen molar-refractivity contribution in [3.8, 4) is 0 Å². The summed E-state index contributed by atoms with van der Waals surface area (Å²) in [5, 5.41) is 3.53. The maximum atomic E-state index is 3.53. The summed E-state index contributed by atoms with van der Waals surface area (Å²) < 4.78 is 0. The summed E-state index contributed by atoms with van der Waals surface area (Å²) in [5.41, 5.74) is 5.87. The average molecular weight is 285 g/mol. The van der Waals surface area contributed by atoms with Crippen LogP contribution in [-0.4, -0.2) is 0 Å². The highest BCUT2D eigenvalue weighted by Crippen LogP contribution is 2.24. The molecule has 3 aromatic carbocycles. The van der Waals surface area contributed by atoms with E-state index in [9.17, 15) is 0 Å². The molecule has 0 atom stereocenters. The largest absolute Gasteiger partial charge is 0.355 e. The van der Waals surface area contributed by atoms with Crippen LogP contribution < -0.4 is 5.32 Å². The molecule has 1 N–H and O–H groups in total. The Bertz CT molecular complexity index is 773. The molecule has 3 rings (SSSR count). The summed E-state index contributed by atoms with van der Waals surface area (Å²) in [7, 11) is 0. The van der Waals surface area contributed by atoms with Gasteiger partial charge < -0.3 is 5.32 Å². The first kappa shape index (κ1) is 14.2. The summed E-state index contributed by atoms with van der Waals surface area (Å²) in [5.74, 6) is 0. The zero-order valence-corrected chi connectivity index (χ0v) is 12.7. The van der Waals surface area contributed by atoms with Gasteiger partial charge in [-0.1, -0.05) is 78.9 Å². The van der Waals surface area contributed by atoms with E-state index in [-0.39, 0.29) is 0 Å². The quantitative estimate of drug-likeness (QED) is 0.588. The first-order valence-electron chi connectivity index (χ1n) is 7.48. The Morgan fingerprint density at radius 2 is 1.27 bits per heavy atom. The number of hydrogen-bond donors (Lipinski definition) is 1. The molecule has 0 bridgehead atoms. The molecule has 0 aromatic heterocycles. The fourth-order valence-electron chi connectivity index (χ4n) is 2.36. The van der Waals surface area contributed by atoms with E-state index in [0.29, 0.717) is 0 Å². The SMILES string of the molecule is Cc1ccccc1Nc1ccccc1C=Cc1ccccc1. The van der Waals surface area contributed by atoms with Crippen LogP contribution in [0, 0.1) is 6.92 Å². The lowest BCUT2D eigenvalue weighted by atomic mass is 10.1. The van der Waals surface area contributed by atoms with Crippen molar-refractivity contribution in [3.63, 3.8) is 0 Å². The highest BCUT2D eigenvalue weighted by molar-refractivity contribution is 5.79. The summed E-state index contributed by atoms with van der Waals surface area (Å²) in [6.45, 7) is 2.12. The van der Waals surface area contributed by atoms with Gasteiger partial charge in [0.1, 0.15) is 0 Å². The maximum absolute atomic E-state index is 3.53. The number of rotatable bonds is 4. The molecule has 0 aliphatic rings. The number of para-hydroxylation sites is 2. The van der Waals surface area contributed by atoms with E-state index < -0.39 is 0 Å². The lowest BCUT2D eigenvalue weighted by Crippen LogP contribution is -1.94. The van der Waals surface area contributed by atoms with Crippen LogP contribution in [0.4, 0.5) is 11.4 Å². The van der Waals surface area contributed by atoms with Crippen LogP contribution in [-0.2, 0) is 0 Å². The van der Waals surface area contributed by atoms with E-state index in [4.69, 9.17) is 0 Å². The first-order chi connectivity index (χ1) is 10.8. The molecule has 0 heterocycles. The Morgan fingerprint density at radius 1 is 0.636 bits per heavy atom. The Kier molecular flexibility index (Phi) is 4.35. The highest BCUT2D eigenvalue weighted by Gasteiger charge is 2.01. The van der Waals surface area contributed by atoms with Gasteiger partial charge in [0.15, 0.2) is 0 Å². The third-order valence-electron chi connectivity index (χ3n) is 3.63. The molecule has 0 unspecified atom stereocenters. The van der Waals surface area contributed by atoms with Crippen LogP contribution in [0.25, 0.3) is 12.2 Å². The topological polar surface area (TPSA) is 12.0 Å². The fraction of sp³-hybridized carbons (Fsp3) is 0.0476. The fourth-order valence-corrected chi connectivity index (χ4v) is 2.36. The predicted molar refractivity (Wildman–Crippen MR) is 96.3 cm³/mol. The number of benzene rings is 3. The van der Waals surface area contributed by atoms with Gasteiger partial charge in [0.05, 0.1) is 0 Å². The Balaban J connectivity index is 1.87. The van der Waals surface area contributed by atoms with Crippen molar-refractivity contribution in [2.45, 2.75) is 6.92 Å². The second kappa shape index (κ2) is 6.77. The molecule has 0 saturated carbocycles. The van der Waals surface area contributed by atoms with Crippen LogP contribution in [0.2, 0.25) is 0 Å². The zero-order valence-electron chi connectivity index (χ0n) is 12.7. The molecule has 0 aliphatic carbocycles. The minimum atomic E-state index is 1.11. The number of anilines is 2. The van der Waals surface area contributed by atoms with Gasteiger partial charge in [-0.15, -0.1) is 0 Å². The minimum absolute atomic E-state index is 1.11. The molecule has 0 radical (unpaired) electrons. The standard InChI is InChI=1S/C21H19N/c1-17-9-5-7-13-20(17)22-21-14-8-6-12-19(21)16-15-18-10-3-2-4-11-18/h2-16,22H,1H3. The molecule has 0 fully saturated rings. The normalized spacial score (nSPS) is 10.8. The monoisotopic (exact) mass is 285 g/mol. The van der Waals surface area contributed by atoms with Gasteiger partial charge in [0, 0.05) is 11.4 Å². The van der Waals surface area contributed by atoms with Crippen molar-refractivity contribution in [1.82, 2.24) is 0 Å². The van der Waals surface area contributed by atoms with Gasteiger partial charge in [-0.25, -0.2) is 0 Å². The molecule has 0 amide bonds. The van der Waals surface area contributed by atoms with Crippen LogP contribution in [0.15, 0.2) is 78.9 Å². The number of nitrogens with one attached hydrogen (secondary N) is 1. The van der Waals surface area contributed by atoms with E-state index in [1.54, 1.807) is 0 Å². The zero-order chi connectivity index (χ0) is 15.2. The van der Waals surface area contributed by atoms with Crippen LogP contribution in [0.3, 0.4) is 0 Å². The molecule has 1 heteroatoms. The molecular formula is C21H19N. The van der Waals surface area contributed by atoms with Gasteiger partial charge in [0.25, 0.3) is 0 Å². The smallest absolute Gasteiger partial charge is 0.0457 e. The molecule has 22 heavy (non-hydrogen) atoms. The predicted octanol–water partition coefficient (Wildman–Crippen LogP) is 5.91. The lowest BCUT2D eigenvalue weighted by molar-refractivity contribution is 1.43. The van der Waals surface area contributed by atoms with Crippen molar-refractivity contribution in [3.05, 3.63) is 95.6 Å². The van der Waals surface area contributed by atoms with Crippen LogP contribution >= 0.6 is 0 Å². The molecule has 108 valence electrons. The number of hydrogen-bond acceptors (Lipinski definition) is 1. The van der Waals surface area contributed by atoms with Crippen molar-refractivity contribution < 1.29 is 0 Å². The van der Waals surface area contributed by atoms with Gasteiger partial charge >= 0.3 is 0 Å². The molecular weight excluding hydrogens is 266 g/mol. The Morgan fingerprint density at radius 3 is 2.05 bits per heavy atom. The van der Waals surface area contributed by atoms with Crippen LogP contribution in [0.5, 0.6) is 0 Å². The number of aryl methyl sites for hydroxylation is 1. The van der Waals surface area contributed by atoms with Crippen molar-refractivity contribution in [2.75, 3.05) is 5.32 Å². The highest BCUT2D eigenvalue weighted by atomic mass is 14.9. The molecule has 3 aromatic rings. The van der Waals surface area contributed by atoms with Gasteiger partial charge in [0.2, 0.25) is 0 Å². The summed E-state index contributed by atoms with van der Waals surface area (Å²) >= 11 is 0. The Hall–Kier alpha value is -2.80. The lowest BCUT2D eigenvalue weighted by Gasteiger charge is -2.12. The maximum Gasteiger partial charge on any atom is 0.0457 e. The molecule has 0 spiro atoms. The van der Waals surface area contributed by atoms with E-state index in [2.05, 4.69) is 97.2 Å². The van der Waals surface area contributed by atoms with Gasteiger partial charge in [-0.05, 0) is 35.7 Å². The minimum Gasteiger partial charge on any atom is -0.355 e. The second-order valence-electron chi connectivity index (χ2n) is 5.27. The third-order valence-corrected chi connectivity index (χ3v) is 3.63. The second-order valence-corrected chi connectivity index (χ2v) is 5.27. The third kappa shape index (κ3) is 3.44. The first-order valence-corrected chi connectivity index (χ1v) is 7.48. The van der Waals surface area contributed by atoms with E-state index in [0.717, 1.165) is 11.4 Å². The van der Waals surface area contributed by atoms with E-state index in [1.807, 2.05) is 6.07 Å². The summed E-state index contributed by atoms with van der Waals surface area (Å²) in [6.07, 6.45) is 4.29.